The molecule has 0 amide bonds. The van der Waals surface area contributed by atoms with Crippen molar-refractivity contribution in [3.8, 4) is 0 Å². The van der Waals surface area contributed by atoms with Crippen LogP contribution in [0.4, 0.5) is 0 Å². The number of unbranched alkanes of at least 4 members (excludes halogenated alkanes) is 7. The number of rotatable bonds is 11. The Balaban J connectivity index is 2.81. The summed E-state index contributed by atoms with van der Waals surface area (Å²) in [4.78, 5) is 13.9. The third kappa shape index (κ3) is 11.4. The summed E-state index contributed by atoms with van der Waals surface area (Å²) in [6.45, 7) is 1.28. The molecule has 0 saturated heterocycles. The molecule has 0 atom stereocenters. The molecule has 4 heteroatoms. The number of nitrogens with two attached hydrogens (primary N) is 1. The van der Waals surface area contributed by atoms with Gasteiger partial charge in [0.25, 0.3) is 0 Å². The van der Waals surface area contributed by atoms with Gasteiger partial charge in [0.1, 0.15) is 6.61 Å². The molecule has 2 N–H and O–H groups in total. The summed E-state index contributed by atoms with van der Waals surface area (Å²) in [7, 11) is 0. The van der Waals surface area contributed by atoms with Gasteiger partial charge in [-0.1, -0.05) is 32.1 Å². The van der Waals surface area contributed by atoms with Crippen molar-refractivity contribution in [2.75, 3.05) is 13.2 Å². The van der Waals surface area contributed by atoms with Crippen molar-refractivity contribution in [1.29, 1.82) is 0 Å². The summed E-state index contributed by atoms with van der Waals surface area (Å²) in [6, 6.07) is 0. The number of hydrogen-bond donors (Lipinski definition) is 1. The van der Waals surface area contributed by atoms with Gasteiger partial charge in [0.15, 0.2) is 5.34 Å². The highest BCUT2D eigenvalue weighted by molar-refractivity contribution is 4.46. The normalized spacial score (nSPS) is 10.1. The van der Waals surface area contributed by atoms with Gasteiger partial charge in [0, 0.05) is 0 Å². The second-order valence-electron chi connectivity index (χ2n) is 3.52. The lowest BCUT2D eigenvalue weighted by atomic mass is 10.1. The van der Waals surface area contributed by atoms with Crippen LogP contribution in [0.1, 0.15) is 51.4 Å². The van der Waals surface area contributed by atoms with E-state index in [1.807, 2.05) is 0 Å². The molecular weight excluding hydrogens is 180 g/mol. The molecule has 0 radical (unpaired) electrons. The van der Waals surface area contributed by atoms with Crippen LogP contribution in [-0.2, 0) is 4.84 Å². The lowest BCUT2D eigenvalue weighted by Gasteiger charge is -2.00. The molecule has 0 aromatic heterocycles. The van der Waals surface area contributed by atoms with Crippen LogP contribution >= 0.6 is 0 Å². The first kappa shape index (κ1) is 13.4. The van der Waals surface area contributed by atoms with Crippen LogP contribution < -0.4 is 5.73 Å². The Morgan fingerprint density at radius 2 is 1.36 bits per heavy atom. The van der Waals surface area contributed by atoms with Crippen molar-refractivity contribution in [1.82, 2.24) is 0 Å². The monoisotopic (exact) mass is 202 g/mol. The number of hydrogen-bond acceptors (Lipinski definition) is 4. The van der Waals surface area contributed by atoms with E-state index in [2.05, 4.69) is 10.2 Å². The summed E-state index contributed by atoms with van der Waals surface area (Å²) in [5, 5.41) is 2.34. The quantitative estimate of drug-likeness (QED) is 0.318. The van der Waals surface area contributed by atoms with E-state index in [1.54, 1.807) is 0 Å². The second kappa shape index (κ2) is 12.4. The molecule has 0 bridgehead atoms. The van der Waals surface area contributed by atoms with Gasteiger partial charge in [-0.2, -0.15) is 0 Å². The van der Waals surface area contributed by atoms with E-state index in [0.717, 1.165) is 25.8 Å². The molecule has 0 aromatic rings. The van der Waals surface area contributed by atoms with Gasteiger partial charge < -0.3 is 10.6 Å². The van der Waals surface area contributed by atoms with E-state index < -0.39 is 0 Å². The van der Waals surface area contributed by atoms with Crippen molar-refractivity contribution in [3.63, 3.8) is 0 Å². The predicted molar refractivity (Wildman–Crippen MR) is 57.7 cm³/mol. The molecular formula is C10H22N2O2. The first-order valence-corrected chi connectivity index (χ1v) is 5.56. The largest absolute Gasteiger partial charge is 0.364 e. The fraction of sp³-hybridized carbons (Fsp3) is 1.00. The molecule has 0 rings (SSSR count). The molecule has 4 nitrogen and oxygen atoms in total. The molecule has 0 aliphatic rings. The van der Waals surface area contributed by atoms with E-state index in [4.69, 9.17) is 5.73 Å². The van der Waals surface area contributed by atoms with Crippen LogP contribution in [-0.4, -0.2) is 13.2 Å². The minimum Gasteiger partial charge on any atom is -0.364 e. The van der Waals surface area contributed by atoms with E-state index in [-0.39, 0.29) is 0 Å². The Labute approximate surface area is 86.1 Å². The molecule has 0 aliphatic heterocycles. The maximum absolute atomic E-state index is 9.56. The third-order valence-corrected chi connectivity index (χ3v) is 2.24. The Kier molecular flexibility index (Phi) is 11.8. The molecule has 0 spiro atoms. The topological polar surface area (TPSA) is 64.7 Å². The molecule has 0 aromatic carbocycles. The van der Waals surface area contributed by atoms with Crippen molar-refractivity contribution in [2.45, 2.75) is 51.4 Å². The van der Waals surface area contributed by atoms with Crippen LogP contribution in [0, 0.1) is 4.91 Å². The summed E-state index contributed by atoms with van der Waals surface area (Å²) in [5.41, 5.74) is 5.39. The van der Waals surface area contributed by atoms with Crippen molar-refractivity contribution in [3.05, 3.63) is 4.91 Å². The summed E-state index contributed by atoms with van der Waals surface area (Å²) < 4.78 is 0. The lowest BCUT2D eigenvalue weighted by molar-refractivity contribution is 0.135. The van der Waals surface area contributed by atoms with Crippen molar-refractivity contribution in [2.24, 2.45) is 11.1 Å². The summed E-state index contributed by atoms with van der Waals surface area (Å²) in [6.07, 6.45) is 9.58. The molecule has 84 valence electrons. The van der Waals surface area contributed by atoms with Crippen LogP contribution in [0.2, 0.25) is 0 Å². The smallest absolute Gasteiger partial charge is 0.155 e. The van der Waals surface area contributed by atoms with Gasteiger partial charge in [0.2, 0.25) is 0 Å². The van der Waals surface area contributed by atoms with Gasteiger partial charge in [-0.05, 0) is 25.8 Å². The highest BCUT2D eigenvalue weighted by Gasteiger charge is 1.92. The average Bonchev–Trinajstić information content (AvgIpc) is 2.21. The van der Waals surface area contributed by atoms with E-state index in [9.17, 15) is 4.91 Å². The number of nitrogens with zero attached hydrogens (tertiary/aromatic N) is 1. The maximum atomic E-state index is 9.56. The molecule has 0 heterocycles. The molecule has 0 aliphatic carbocycles. The van der Waals surface area contributed by atoms with Crippen molar-refractivity contribution < 1.29 is 4.84 Å². The van der Waals surface area contributed by atoms with E-state index in [0.29, 0.717) is 6.61 Å². The van der Waals surface area contributed by atoms with Gasteiger partial charge in [0.05, 0.1) is 0 Å². The Morgan fingerprint density at radius 1 is 0.857 bits per heavy atom. The van der Waals surface area contributed by atoms with Crippen LogP contribution in [0.3, 0.4) is 0 Å². The van der Waals surface area contributed by atoms with Gasteiger partial charge >= 0.3 is 0 Å². The molecule has 0 saturated carbocycles. The van der Waals surface area contributed by atoms with Gasteiger partial charge in [-0.25, -0.2) is 0 Å². The Bertz CT molecular complexity index is 121. The SMILES string of the molecule is NCCCCCCCCCCON=O. The minimum absolute atomic E-state index is 0.469. The first-order chi connectivity index (χ1) is 6.91. The van der Waals surface area contributed by atoms with E-state index >= 15 is 0 Å². The zero-order chi connectivity index (χ0) is 10.5. The minimum atomic E-state index is 0.469. The third-order valence-electron chi connectivity index (χ3n) is 2.24. The average molecular weight is 202 g/mol. The lowest BCUT2D eigenvalue weighted by Crippen LogP contribution is -1.97. The fourth-order valence-electron chi connectivity index (χ4n) is 1.41. The molecule has 14 heavy (non-hydrogen) atoms. The Morgan fingerprint density at radius 3 is 1.86 bits per heavy atom. The maximum Gasteiger partial charge on any atom is 0.155 e. The zero-order valence-corrected chi connectivity index (χ0v) is 8.91. The summed E-state index contributed by atoms with van der Waals surface area (Å²) in [5.74, 6) is 0. The molecule has 0 unspecified atom stereocenters. The van der Waals surface area contributed by atoms with Crippen LogP contribution in [0.15, 0.2) is 5.34 Å². The van der Waals surface area contributed by atoms with Crippen LogP contribution in [0.25, 0.3) is 0 Å². The highest BCUT2D eigenvalue weighted by atomic mass is 16.7. The second-order valence-corrected chi connectivity index (χ2v) is 3.52. The first-order valence-electron chi connectivity index (χ1n) is 5.56. The summed E-state index contributed by atoms with van der Waals surface area (Å²) >= 11 is 0. The Hall–Kier alpha value is -0.640. The molecule has 0 fully saturated rings. The van der Waals surface area contributed by atoms with E-state index in [1.165, 1.54) is 32.1 Å². The van der Waals surface area contributed by atoms with Crippen molar-refractivity contribution >= 4 is 0 Å². The van der Waals surface area contributed by atoms with Gasteiger partial charge in [-0.3, -0.25) is 0 Å². The zero-order valence-electron chi connectivity index (χ0n) is 8.91. The van der Waals surface area contributed by atoms with Gasteiger partial charge in [-0.15, -0.1) is 4.91 Å². The standard InChI is InChI=1S/C10H22N2O2/c11-9-7-5-3-1-2-4-6-8-10-14-12-13/h1-11H2. The highest BCUT2D eigenvalue weighted by Crippen LogP contribution is 2.08. The van der Waals surface area contributed by atoms with Crippen LogP contribution in [0.5, 0.6) is 0 Å². The predicted octanol–water partition coefficient (Wildman–Crippen LogP) is 2.76. The fourth-order valence-corrected chi connectivity index (χ4v) is 1.41.